The van der Waals surface area contributed by atoms with Crippen molar-refractivity contribution in [2.75, 3.05) is 20.1 Å². The summed E-state index contributed by atoms with van der Waals surface area (Å²) >= 11 is 0. The fraction of sp³-hybridized carbons (Fsp3) is 0.632. The lowest BCUT2D eigenvalue weighted by Gasteiger charge is -2.36. The first-order valence-electron chi connectivity index (χ1n) is 8.77. The van der Waals surface area contributed by atoms with Crippen molar-refractivity contribution in [3.8, 4) is 0 Å². The van der Waals surface area contributed by atoms with E-state index in [-0.39, 0.29) is 5.92 Å². The summed E-state index contributed by atoms with van der Waals surface area (Å²) in [6.45, 7) is 2.04. The van der Waals surface area contributed by atoms with Gasteiger partial charge in [-0.05, 0) is 62.9 Å². The van der Waals surface area contributed by atoms with Crippen molar-refractivity contribution in [2.24, 2.45) is 5.92 Å². The van der Waals surface area contributed by atoms with E-state index in [2.05, 4.69) is 11.9 Å². The number of hydrogen-bond donors (Lipinski definition) is 2. The molecule has 1 heterocycles. The van der Waals surface area contributed by atoms with Gasteiger partial charge in [0.2, 0.25) is 0 Å². The maximum absolute atomic E-state index is 12.0. The highest BCUT2D eigenvalue weighted by Crippen LogP contribution is 2.44. The maximum Gasteiger partial charge on any atom is 0.340 e. The fourth-order valence-electron chi connectivity index (χ4n) is 4.37. The Labute approximate surface area is 138 Å². The number of aliphatic hydroxyl groups is 1. The van der Waals surface area contributed by atoms with Crippen LogP contribution in [0.1, 0.15) is 55.6 Å². The van der Waals surface area contributed by atoms with E-state index in [0.29, 0.717) is 11.5 Å². The predicted octanol–water partition coefficient (Wildman–Crippen LogP) is 2.96. The van der Waals surface area contributed by atoms with Gasteiger partial charge in [0.25, 0.3) is 0 Å². The van der Waals surface area contributed by atoms with Gasteiger partial charge in [-0.2, -0.15) is 0 Å². The topological polar surface area (TPSA) is 60.8 Å². The molecule has 126 valence electrons. The van der Waals surface area contributed by atoms with Crippen LogP contribution in [0.4, 0.5) is 0 Å². The molecule has 1 aliphatic carbocycles. The molecule has 0 bridgehead atoms. The van der Waals surface area contributed by atoms with Crippen LogP contribution < -0.4 is 0 Å². The second-order valence-corrected chi connectivity index (χ2v) is 7.22. The molecule has 1 aromatic carbocycles. The van der Waals surface area contributed by atoms with Crippen LogP contribution in [0.2, 0.25) is 0 Å². The molecule has 4 heteroatoms. The minimum atomic E-state index is -1.74. The van der Waals surface area contributed by atoms with Crippen LogP contribution in [0.15, 0.2) is 24.3 Å². The summed E-state index contributed by atoms with van der Waals surface area (Å²) < 4.78 is 0. The third-order valence-electron chi connectivity index (χ3n) is 5.80. The van der Waals surface area contributed by atoms with Gasteiger partial charge in [-0.15, -0.1) is 0 Å². The average molecular weight is 317 g/mol. The molecule has 0 aromatic heterocycles. The fourth-order valence-corrected chi connectivity index (χ4v) is 4.37. The van der Waals surface area contributed by atoms with Crippen molar-refractivity contribution in [3.63, 3.8) is 0 Å². The lowest BCUT2D eigenvalue weighted by molar-refractivity contribution is -0.166. The van der Waals surface area contributed by atoms with Gasteiger partial charge in [-0.3, -0.25) is 0 Å². The van der Waals surface area contributed by atoms with Crippen LogP contribution >= 0.6 is 0 Å². The summed E-state index contributed by atoms with van der Waals surface area (Å²) in [7, 11) is 2.12. The van der Waals surface area contributed by atoms with Crippen LogP contribution in [-0.2, 0) is 10.4 Å². The molecule has 2 fully saturated rings. The molecular formula is C19H27NO3. The van der Waals surface area contributed by atoms with E-state index < -0.39 is 11.6 Å². The normalized spacial score (nSPS) is 23.7. The van der Waals surface area contributed by atoms with Gasteiger partial charge in [-0.1, -0.05) is 37.1 Å². The van der Waals surface area contributed by atoms with Crippen molar-refractivity contribution in [1.29, 1.82) is 0 Å². The lowest BCUT2D eigenvalue weighted by Crippen LogP contribution is -2.43. The molecule has 1 atom stereocenters. The third-order valence-corrected chi connectivity index (χ3v) is 5.80. The summed E-state index contributed by atoms with van der Waals surface area (Å²) in [6.07, 6.45) is 5.66. The van der Waals surface area contributed by atoms with Gasteiger partial charge in [-0.25, -0.2) is 4.79 Å². The molecule has 3 rings (SSSR count). The number of benzene rings is 1. The average Bonchev–Trinajstić information content (AvgIpc) is 3.09. The first kappa shape index (κ1) is 16.5. The maximum atomic E-state index is 12.0. The number of likely N-dealkylation sites (tertiary alicyclic amines) is 1. The SMILES string of the molecule is CN1CCC(c2ccccc2C(O)(C(=O)O)C2CCCC2)CC1. The Morgan fingerprint density at radius 1 is 1.13 bits per heavy atom. The number of carboxylic acid groups (broad SMARTS) is 1. The van der Waals surface area contributed by atoms with Crippen LogP contribution in [0.3, 0.4) is 0 Å². The Morgan fingerprint density at radius 2 is 1.74 bits per heavy atom. The van der Waals surface area contributed by atoms with Gasteiger partial charge in [0.05, 0.1) is 0 Å². The summed E-state index contributed by atoms with van der Waals surface area (Å²) in [5.74, 6) is -0.924. The van der Waals surface area contributed by atoms with E-state index in [1.165, 1.54) is 0 Å². The van der Waals surface area contributed by atoms with Crippen molar-refractivity contribution in [1.82, 2.24) is 4.90 Å². The van der Waals surface area contributed by atoms with Crippen molar-refractivity contribution >= 4 is 5.97 Å². The van der Waals surface area contributed by atoms with Crippen LogP contribution in [0.25, 0.3) is 0 Å². The van der Waals surface area contributed by atoms with E-state index in [0.717, 1.165) is 57.2 Å². The Bertz CT molecular complexity index is 559. The van der Waals surface area contributed by atoms with E-state index in [4.69, 9.17) is 0 Å². The van der Waals surface area contributed by atoms with Gasteiger partial charge < -0.3 is 15.1 Å². The second kappa shape index (κ2) is 6.62. The molecule has 23 heavy (non-hydrogen) atoms. The number of piperidine rings is 1. The lowest BCUT2D eigenvalue weighted by atomic mass is 9.74. The smallest absolute Gasteiger partial charge is 0.340 e. The van der Waals surface area contributed by atoms with E-state index in [1.54, 1.807) is 0 Å². The molecule has 1 aliphatic heterocycles. The number of aliphatic carboxylic acids is 1. The standard InChI is InChI=1S/C19H27NO3/c1-20-12-10-14(11-13-20)16-8-4-5-9-17(16)19(23,18(21)22)15-6-2-3-7-15/h4-5,8-9,14-15,23H,2-3,6-7,10-13H2,1H3,(H,21,22). The Balaban J connectivity index is 1.99. The summed E-state index contributed by atoms with van der Waals surface area (Å²) in [6, 6.07) is 7.68. The Morgan fingerprint density at radius 3 is 2.35 bits per heavy atom. The number of carbonyl (C=O) groups is 1. The van der Waals surface area contributed by atoms with Gasteiger partial charge >= 0.3 is 5.97 Å². The Hall–Kier alpha value is -1.39. The largest absolute Gasteiger partial charge is 0.479 e. The zero-order chi connectivity index (χ0) is 16.4. The second-order valence-electron chi connectivity index (χ2n) is 7.22. The number of rotatable bonds is 4. The quantitative estimate of drug-likeness (QED) is 0.896. The van der Waals surface area contributed by atoms with E-state index in [1.807, 2.05) is 24.3 Å². The molecule has 1 saturated heterocycles. The molecule has 4 nitrogen and oxygen atoms in total. The predicted molar refractivity (Wildman–Crippen MR) is 89.4 cm³/mol. The molecule has 0 spiro atoms. The first-order valence-corrected chi connectivity index (χ1v) is 8.77. The zero-order valence-corrected chi connectivity index (χ0v) is 13.9. The van der Waals surface area contributed by atoms with Crippen molar-refractivity contribution in [3.05, 3.63) is 35.4 Å². The minimum Gasteiger partial charge on any atom is -0.479 e. The molecule has 0 radical (unpaired) electrons. The highest BCUT2D eigenvalue weighted by atomic mass is 16.4. The summed E-state index contributed by atoms with van der Waals surface area (Å²) in [5, 5.41) is 21.1. The molecule has 2 N–H and O–H groups in total. The third kappa shape index (κ3) is 3.02. The molecule has 1 saturated carbocycles. The van der Waals surface area contributed by atoms with E-state index >= 15 is 0 Å². The van der Waals surface area contributed by atoms with Gasteiger partial charge in [0.15, 0.2) is 5.60 Å². The minimum absolute atomic E-state index is 0.174. The number of hydrogen-bond acceptors (Lipinski definition) is 3. The van der Waals surface area contributed by atoms with Crippen LogP contribution in [0, 0.1) is 5.92 Å². The molecule has 2 aliphatic rings. The van der Waals surface area contributed by atoms with Crippen LogP contribution in [-0.4, -0.2) is 41.2 Å². The van der Waals surface area contributed by atoms with Gasteiger partial charge in [0, 0.05) is 5.92 Å². The zero-order valence-electron chi connectivity index (χ0n) is 13.9. The van der Waals surface area contributed by atoms with E-state index in [9.17, 15) is 15.0 Å². The molecule has 0 amide bonds. The number of carboxylic acids is 1. The van der Waals surface area contributed by atoms with Crippen LogP contribution in [0.5, 0.6) is 0 Å². The molecule has 1 aromatic rings. The summed E-state index contributed by atoms with van der Waals surface area (Å²) in [5.41, 5.74) is -0.0671. The summed E-state index contributed by atoms with van der Waals surface area (Å²) in [4.78, 5) is 14.3. The highest BCUT2D eigenvalue weighted by Gasteiger charge is 2.48. The first-order chi connectivity index (χ1) is 11.0. The van der Waals surface area contributed by atoms with Crippen molar-refractivity contribution < 1.29 is 15.0 Å². The Kier molecular flexibility index (Phi) is 4.74. The monoisotopic (exact) mass is 317 g/mol. The number of nitrogens with zero attached hydrogens (tertiary/aromatic N) is 1. The van der Waals surface area contributed by atoms with Gasteiger partial charge in [0.1, 0.15) is 0 Å². The molecule has 1 unspecified atom stereocenters. The van der Waals surface area contributed by atoms with Crippen molar-refractivity contribution in [2.45, 2.75) is 50.0 Å². The highest BCUT2D eigenvalue weighted by molar-refractivity contribution is 5.80. The molecular weight excluding hydrogens is 290 g/mol.